The van der Waals surface area contributed by atoms with Crippen molar-refractivity contribution in [3.8, 4) is 0 Å². The molecule has 1 unspecified atom stereocenters. The largest absolute Gasteiger partial charge is 0.311 e. The van der Waals surface area contributed by atoms with Gasteiger partial charge >= 0.3 is 0 Å². The van der Waals surface area contributed by atoms with Gasteiger partial charge < -0.3 is 5.41 Å². The van der Waals surface area contributed by atoms with Gasteiger partial charge in [-0.25, -0.2) is 0 Å². The Labute approximate surface area is 55.8 Å². The van der Waals surface area contributed by atoms with Crippen LogP contribution < -0.4 is 0 Å². The summed E-state index contributed by atoms with van der Waals surface area (Å²) < 4.78 is 0. The van der Waals surface area contributed by atoms with Crippen molar-refractivity contribution in [1.82, 2.24) is 0 Å². The summed E-state index contributed by atoms with van der Waals surface area (Å²) in [4.78, 5) is 4.07. The van der Waals surface area contributed by atoms with Gasteiger partial charge in [0.1, 0.15) is 0 Å². The van der Waals surface area contributed by atoms with Crippen LogP contribution in [0.1, 0.15) is 13.8 Å². The van der Waals surface area contributed by atoms with Gasteiger partial charge in [-0.3, -0.25) is 4.99 Å². The minimum atomic E-state index is -0.0111. The van der Waals surface area contributed by atoms with Crippen LogP contribution in [0.2, 0.25) is 0 Å². The zero-order valence-electron chi connectivity index (χ0n) is 5.89. The highest BCUT2D eigenvalue weighted by Crippen LogP contribution is 1.86. The topological polar surface area (TPSA) is 36.2 Å². The predicted octanol–water partition coefficient (Wildman–Crippen LogP) is 1.67. The SMILES string of the molecule is C=CC(C)=NC(C)C=N. The average molecular weight is 124 g/mol. The van der Waals surface area contributed by atoms with Gasteiger partial charge in [-0.05, 0) is 19.9 Å². The van der Waals surface area contributed by atoms with Crippen molar-refractivity contribution in [1.29, 1.82) is 5.41 Å². The third kappa shape index (κ3) is 3.64. The van der Waals surface area contributed by atoms with Crippen molar-refractivity contribution in [3.63, 3.8) is 0 Å². The number of hydrogen-bond donors (Lipinski definition) is 1. The monoisotopic (exact) mass is 124 g/mol. The van der Waals surface area contributed by atoms with E-state index >= 15 is 0 Å². The Hall–Kier alpha value is -0.920. The molecule has 0 aliphatic heterocycles. The molecular formula is C7H12N2. The molecule has 0 radical (unpaired) electrons. The zero-order valence-corrected chi connectivity index (χ0v) is 5.89. The lowest BCUT2D eigenvalue weighted by atomic mass is 10.3. The highest BCUT2D eigenvalue weighted by molar-refractivity contribution is 5.93. The number of nitrogens with zero attached hydrogens (tertiary/aromatic N) is 1. The summed E-state index contributed by atoms with van der Waals surface area (Å²) in [6, 6.07) is -0.0111. The molecule has 0 aliphatic carbocycles. The highest BCUT2D eigenvalue weighted by Gasteiger charge is 1.89. The molecule has 0 spiro atoms. The first-order chi connectivity index (χ1) is 4.20. The number of allylic oxidation sites excluding steroid dienone is 1. The number of nitrogens with one attached hydrogen (secondary N) is 1. The van der Waals surface area contributed by atoms with Crippen LogP contribution in [-0.2, 0) is 0 Å². The molecule has 50 valence electrons. The Morgan fingerprint density at radius 3 is 2.67 bits per heavy atom. The molecule has 1 N–H and O–H groups in total. The van der Waals surface area contributed by atoms with Crippen molar-refractivity contribution >= 4 is 11.9 Å². The summed E-state index contributed by atoms with van der Waals surface area (Å²) in [6.45, 7) is 7.27. The lowest BCUT2D eigenvalue weighted by Crippen LogP contribution is -2.00. The summed E-state index contributed by atoms with van der Waals surface area (Å²) in [6.07, 6.45) is 2.98. The Balaban J connectivity index is 3.92. The molecule has 2 nitrogen and oxygen atoms in total. The normalized spacial score (nSPS) is 14.7. The van der Waals surface area contributed by atoms with E-state index in [2.05, 4.69) is 11.6 Å². The summed E-state index contributed by atoms with van der Waals surface area (Å²) in [7, 11) is 0. The molecule has 0 rings (SSSR count). The van der Waals surface area contributed by atoms with Gasteiger partial charge in [0.25, 0.3) is 0 Å². The van der Waals surface area contributed by atoms with Crippen LogP contribution in [0.3, 0.4) is 0 Å². The second-order valence-electron chi connectivity index (χ2n) is 1.88. The van der Waals surface area contributed by atoms with E-state index in [0.717, 1.165) is 5.71 Å². The van der Waals surface area contributed by atoms with Crippen LogP contribution in [0.5, 0.6) is 0 Å². The molecule has 1 atom stereocenters. The van der Waals surface area contributed by atoms with Crippen LogP contribution in [0.4, 0.5) is 0 Å². The van der Waals surface area contributed by atoms with Crippen molar-refractivity contribution in [2.24, 2.45) is 4.99 Å². The van der Waals surface area contributed by atoms with Crippen LogP contribution in [0.25, 0.3) is 0 Å². The van der Waals surface area contributed by atoms with Crippen molar-refractivity contribution in [2.75, 3.05) is 0 Å². The number of hydrogen-bond acceptors (Lipinski definition) is 2. The highest BCUT2D eigenvalue weighted by atomic mass is 14.8. The van der Waals surface area contributed by atoms with Gasteiger partial charge in [-0.2, -0.15) is 0 Å². The molecule has 0 bridgehead atoms. The van der Waals surface area contributed by atoms with E-state index in [-0.39, 0.29) is 6.04 Å². The fourth-order valence-electron chi connectivity index (χ4n) is 0.411. The van der Waals surface area contributed by atoms with Gasteiger partial charge in [0.05, 0.1) is 6.04 Å². The molecule has 2 heteroatoms. The molecule has 0 aliphatic rings. The summed E-state index contributed by atoms with van der Waals surface area (Å²) in [5, 5.41) is 6.81. The standard InChI is InChI=1S/C7H12N2/c1-4-6(2)9-7(3)5-8/h4-5,7-8H,1H2,2-3H3. The summed E-state index contributed by atoms with van der Waals surface area (Å²) in [5.74, 6) is 0. The Bertz CT molecular complexity index is 136. The molecule has 0 aromatic heterocycles. The fraction of sp³-hybridized carbons (Fsp3) is 0.429. The van der Waals surface area contributed by atoms with Gasteiger partial charge in [0, 0.05) is 11.9 Å². The van der Waals surface area contributed by atoms with Crippen LogP contribution in [0, 0.1) is 5.41 Å². The minimum Gasteiger partial charge on any atom is -0.311 e. The lowest BCUT2D eigenvalue weighted by molar-refractivity contribution is 0.988. The molecular weight excluding hydrogens is 112 g/mol. The van der Waals surface area contributed by atoms with E-state index in [9.17, 15) is 0 Å². The first-order valence-electron chi connectivity index (χ1n) is 2.88. The molecule has 0 fully saturated rings. The van der Waals surface area contributed by atoms with Crippen LogP contribution in [-0.4, -0.2) is 18.0 Å². The number of rotatable bonds is 3. The van der Waals surface area contributed by atoms with Gasteiger partial charge in [-0.15, -0.1) is 0 Å². The van der Waals surface area contributed by atoms with E-state index in [4.69, 9.17) is 5.41 Å². The quantitative estimate of drug-likeness (QED) is 0.556. The maximum atomic E-state index is 6.81. The predicted molar refractivity (Wildman–Crippen MR) is 41.6 cm³/mol. The van der Waals surface area contributed by atoms with E-state index in [0.29, 0.717) is 0 Å². The van der Waals surface area contributed by atoms with Crippen molar-refractivity contribution < 1.29 is 0 Å². The van der Waals surface area contributed by atoms with Gasteiger partial charge in [0.2, 0.25) is 0 Å². The first-order valence-corrected chi connectivity index (χ1v) is 2.88. The zero-order chi connectivity index (χ0) is 7.28. The molecule has 0 saturated carbocycles. The van der Waals surface area contributed by atoms with E-state index in [1.807, 2.05) is 13.8 Å². The van der Waals surface area contributed by atoms with E-state index in [1.54, 1.807) is 6.08 Å². The Kier molecular flexibility index (Phi) is 3.60. The third-order valence-corrected chi connectivity index (χ3v) is 0.944. The van der Waals surface area contributed by atoms with Crippen LogP contribution >= 0.6 is 0 Å². The Morgan fingerprint density at radius 2 is 2.33 bits per heavy atom. The lowest BCUT2D eigenvalue weighted by Gasteiger charge is -1.95. The second-order valence-corrected chi connectivity index (χ2v) is 1.88. The van der Waals surface area contributed by atoms with Crippen LogP contribution in [0.15, 0.2) is 17.6 Å². The van der Waals surface area contributed by atoms with E-state index in [1.165, 1.54) is 6.21 Å². The minimum absolute atomic E-state index is 0.0111. The van der Waals surface area contributed by atoms with Gasteiger partial charge in [0.15, 0.2) is 0 Å². The van der Waals surface area contributed by atoms with E-state index < -0.39 is 0 Å². The first kappa shape index (κ1) is 8.08. The average Bonchev–Trinajstić information content (AvgIpc) is 1.87. The third-order valence-electron chi connectivity index (χ3n) is 0.944. The molecule has 0 amide bonds. The smallest absolute Gasteiger partial charge is 0.0818 e. The number of aliphatic imine (C=N–C) groups is 1. The fourth-order valence-corrected chi connectivity index (χ4v) is 0.411. The summed E-state index contributed by atoms with van der Waals surface area (Å²) in [5.41, 5.74) is 0.881. The molecule has 9 heavy (non-hydrogen) atoms. The summed E-state index contributed by atoms with van der Waals surface area (Å²) >= 11 is 0. The van der Waals surface area contributed by atoms with Gasteiger partial charge in [-0.1, -0.05) is 6.58 Å². The molecule has 0 heterocycles. The molecule has 0 aromatic carbocycles. The molecule has 0 saturated heterocycles. The van der Waals surface area contributed by atoms with Crippen molar-refractivity contribution in [2.45, 2.75) is 19.9 Å². The maximum Gasteiger partial charge on any atom is 0.0818 e. The second kappa shape index (κ2) is 4.01. The molecule has 0 aromatic rings. The Morgan fingerprint density at radius 1 is 1.78 bits per heavy atom. The van der Waals surface area contributed by atoms with Crippen molar-refractivity contribution in [3.05, 3.63) is 12.7 Å². The maximum absolute atomic E-state index is 6.81.